The van der Waals surface area contributed by atoms with Gasteiger partial charge in [0.05, 0.1) is 13.2 Å². The monoisotopic (exact) mass is 413 g/mol. The number of halogens is 1. The number of benzene rings is 1. The molecule has 1 aromatic carbocycles. The van der Waals surface area contributed by atoms with Crippen LogP contribution < -0.4 is 4.74 Å². The maximum absolute atomic E-state index is 12.1. The summed E-state index contributed by atoms with van der Waals surface area (Å²) < 4.78 is 17.7. The highest BCUT2D eigenvalue weighted by atomic mass is 79.9. The van der Waals surface area contributed by atoms with Crippen LogP contribution in [0.4, 0.5) is 4.79 Å². The molecule has 6 heteroatoms. The Kier molecular flexibility index (Phi) is 7.14. The lowest BCUT2D eigenvalue weighted by Crippen LogP contribution is -2.42. The molecule has 1 amide bonds. The molecule has 1 aromatic rings. The second kappa shape index (κ2) is 8.90. The summed E-state index contributed by atoms with van der Waals surface area (Å²) in [6, 6.07) is 5.96. The van der Waals surface area contributed by atoms with Crippen molar-refractivity contribution < 1.29 is 19.0 Å². The molecule has 0 atom stereocenters. The van der Waals surface area contributed by atoms with E-state index < -0.39 is 5.60 Å². The molecule has 140 valence electrons. The molecule has 5 nitrogen and oxygen atoms in total. The smallest absolute Gasteiger partial charge is 0.410 e. The predicted octanol–water partition coefficient (Wildman–Crippen LogP) is 4.62. The Morgan fingerprint density at radius 2 is 1.96 bits per heavy atom. The van der Waals surface area contributed by atoms with E-state index in [0.29, 0.717) is 32.2 Å². The van der Waals surface area contributed by atoms with Gasteiger partial charge < -0.3 is 19.1 Å². The van der Waals surface area contributed by atoms with Crippen molar-refractivity contribution in [3.63, 3.8) is 0 Å². The van der Waals surface area contributed by atoms with Gasteiger partial charge in [0.15, 0.2) is 0 Å². The number of nitrogens with zero attached hydrogens (tertiary/aromatic N) is 1. The second-order valence-electron chi connectivity index (χ2n) is 7.41. The number of amides is 1. The number of likely N-dealkylation sites (tertiary alicyclic amines) is 1. The standard InChI is InChI=1S/C19H28BrNO4/c1-19(2,3)25-18(22)21-9-7-14(8-10-21)12-24-17-6-5-16(20)11-15(17)13-23-4/h5-6,11,14H,7-10,12-13H2,1-4H3. The molecular weight excluding hydrogens is 386 g/mol. The molecule has 0 aliphatic carbocycles. The lowest BCUT2D eigenvalue weighted by molar-refractivity contribution is 0.0164. The molecule has 0 bridgehead atoms. The second-order valence-corrected chi connectivity index (χ2v) is 8.32. The van der Waals surface area contributed by atoms with Crippen LogP contribution in [-0.4, -0.2) is 43.4 Å². The number of rotatable bonds is 5. The Balaban J connectivity index is 1.82. The van der Waals surface area contributed by atoms with Crippen LogP contribution in [0, 0.1) is 5.92 Å². The van der Waals surface area contributed by atoms with Crippen molar-refractivity contribution in [3.8, 4) is 5.75 Å². The number of carbonyl (C=O) groups is 1. The third kappa shape index (κ3) is 6.51. The predicted molar refractivity (Wildman–Crippen MR) is 101 cm³/mol. The van der Waals surface area contributed by atoms with Crippen LogP contribution in [0.1, 0.15) is 39.2 Å². The highest BCUT2D eigenvalue weighted by Crippen LogP contribution is 2.26. The molecule has 0 spiro atoms. The van der Waals surface area contributed by atoms with Gasteiger partial charge in [0.1, 0.15) is 11.4 Å². The van der Waals surface area contributed by atoms with E-state index in [2.05, 4.69) is 15.9 Å². The Labute approximate surface area is 158 Å². The maximum atomic E-state index is 12.1. The Bertz CT molecular complexity index is 577. The molecule has 1 saturated heterocycles. The Hall–Kier alpha value is -1.27. The van der Waals surface area contributed by atoms with E-state index in [-0.39, 0.29) is 6.09 Å². The van der Waals surface area contributed by atoms with E-state index in [1.807, 2.05) is 39.0 Å². The van der Waals surface area contributed by atoms with E-state index in [0.717, 1.165) is 28.6 Å². The minimum absolute atomic E-state index is 0.220. The summed E-state index contributed by atoms with van der Waals surface area (Å²) in [6.07, 6.45) is 1.63. The van der Waals surface area contributed by atoms with Crippen LogP contribution in [0.15, 0.2) is 22.7 Å². The van der Waals surface area contributed by atoms with Gasteiger partial charge in [-0.3, -0.25) is 0 Å². The van der Waals surface area contributed by atoms with E-state index in [1.54, 1.807) is 12.0 Å². The van der Waals surface area contributed by atoms with Gasteiger partial charge in [-0.25, -0.2) is 4.79 Å². The van der Waals surface area contributed by atoms with Crippen LogP contribution in [0.2, 0.25) is 0 Å². The first-order valence-corrected chi connectivity index (χ1v) is 9.46. The van der Waals surface area contributed by atoms with Gasteiger partial charge >= 0.3 is 6.09 Å². The number of hydrogen-bond acceptors (Lipinski definition) is 4. The van der Waals surface area contributed by atoms with Gasteiger partial charge in [-0.15, -0.1) is 0 Å². The maximum Gasteiger partial charge on any atom is 0.410 e. The fourth-order valence-electron chi connectivity index (χ4n) is 2.77. The number of carbonyl (C=O) groups excluding carboxylic acids is 1. The van der Waals surface area contributed by atoms with Crippen LogP contribution >= 0.6 is 15.9 Å². The summed E-state index contributed by atoms with van der Waals surface area (Å²) in [5.74, 6) is 1.30. The first-order valence-electron chi connectivity index (χ1n) is 8.66. The molecule has 2 rings (SSSR count). The molecule has 0 unspecified atom stereocenters. The van der Waals surface area contributed by atoms with E-state index in [4.69, 9.17) is 14.2 Å². The summed E-state index contributed by atoms with van der Waals surface area (Å²) >= 11 is 3.47. The van der Waals surface area contributed by atoms with Crippen molar-refractivity contribution in [2.24, 2.45) is 5.92 Å². The van der Waals surface area contributed by atoms with Crippen LogP contribution in [0.5, 0.6) is 5.75 Å². The average Bonchev–Trinajstić information content (AvgIpc) is 2.53. The third-order valence-electron chi connectivity index (χ3n) is 4.06. The van der Waals surface area contributed by atoms with E-state index >= 15 is 0 Å². The molecule has 25 heavy (non-hydrogen) atoms. The fourth-order valence-corrected chi connectivity index (χ4v) is 3.18. The van der Waals surface area contributed by atoms with Crippen molar-refractivity contribution in [1.82, 2.24) is 4.90 Å². The first kappa shape index (κ1) is 20.0. The molecule has 1 aliphatic heterocycles. The van der Waals surface area contributed by atoms with Crippen molar-refractivity contribution in [1.29, 1.82) is 0 Å². The quantitative estimate of drug-likeness (QED) is 0.706. The molecule has 0 radical (unpaired) electrons. The molecule has 0 saturated carbocycles. The van der Waals surface area contributed by atoms with Gasteiger partial charge in [-0.2, -0.15) is 0 Å². The first-order chi connectivity index (χ1) is 11.8. The Morgan fingerprint density at radius 3 is 2.56 bits per heavy atom. The van der Waals surface area contributed by atoms with Gasteiger partial charge in [-0.05, 0) is 57.7 Å². The van der Waals surface area contributed by atoms with Gasteiger partial charge in [0.2, 0.25) is 0 Å². The minimum Gasteiger partial charge on any atom is -0.493 e. The number of ether oxygens (including phenoxy) is 3. The van der Waals surface area contributed by atoms with Gasteiger partial charge in [-0.1, -0.05) is 15.9 Å². The average molecular weight is 414 g/mol. The van der Waals surface area contributed by atoms with Crippen LogP contribution in [0.25, 0.3) is 0 Å². The zero-order chi connectivity index (χ0) is 18.4. The highest BCUT2D eigenvalue weighted by Gasteiger charge is 2.27. The molecule has 1 aliphatic rings. The Morgan fingerprint density at radius 1 is 1.28 bits per heavy atom. The molecular formula is C19H28BrNO4. The van der Waals surface area contributed by atoms with Crippen molar-refractivity contribution in [3.05, 3.63) is 28.2 Å². The summed E-state index contributed by atoms with van der Waals surface area (Å²) in [5.41, 5.74) is 0.583. The third-order valence-corrected chi connectivity index (χ3v) is 4.56. The number of hydrogen-bond donors (Lipinski definition) is 0. The molecule has 0 N–H and O–H groups in total. The summed E-state index contributed by atoms with van der Waals surface area (Å²) in [4.78, 5) is 13.9. The SMILES string of the molecule is COCc1cc(Br)ccc1OCC1CCN(C(=O)OC(C)(C)C)CC1. The lowest BCUT2D eigenvalue weighted by atomic mass is 9.98. The van der Waals surface area contributed by atoms with Gasteiger partial charge in [0.25, 0.3) is 0 Å². The topological polar surface area (TPSA) is 48.0 Å². The molecule has 0 aromatic heterocycles. The number of methoxy groups -OCH3 is 1. The molecule has 1 heterocycles. The molecule has 1 fully saturated rings. The van der Waals surface area contributed by atoms with Crippen molar-refractivity contribution >= 4 is 22.0 Å². The van der Waals surface area contributed by atoms with E-state index in [9.17, 15) is 4.79 Å². The van der Waals surface area contributed by atoms with Crippen LogP contribution in [-0.2, 0) is 16.1 Å². The zero-order valence-corrected chi connectivity index (χ0v) is 17.1. The summed E-state index contributed by atoms with van der Waals surface area (Å²) in [6.45, 7) is 8.28. The van der Waals surface area contributed by atoms with Crippen LogP contribution in [0.3, 0.4) is 0 Å². The number of piperidine rings is 1. The fraction of sp³-hybridized carbons (Fsp3) is 0.632. The van der Waals surface area contributed by atoms with Gasteiger partial charge in [0, 0.05) is 30.2 Å². The normalized spacial score (nSPS) is 16.0. The minimum atomic E-state index is -0.448. The van der Waals surface area contributed by atoms with Crippen molar-refractivity contribution in [2.45, 2.75) is 45.8 Å². The van der Waals surface area contributed by atoms with Crippen molar-refractivity contribution in [2.75, 3.05) is 26.8 Å². The zero-order valence-electron chi connectivity index (χ0n) is 15.5. The lowest BCUT2D eigenvalue weighted by Gasteiger charge is -2.33. The summed E-state index contributed by atoms with van der Waals surface area (Å²) in [7, 11) is 1.68. The summed E-state index contributed by atoms with van der Waals surface area (Å²) in [5, 5.41) is 0. The van der Waals surface area contributed by atoms with E-state index in [1.165, 1.54) is 0 Å². The highest BCUT2D eigenvalue weighted by molar-refractivity contribution is 9.10. The largest absolute Gasteiger partial charge is 0.493 e.